The second-order valence-corrected chi connectivity index (χ2v) is 6.68. The van der Waals surface area contributed by atoms with Gasteiger partial charge in [0.1, 0.15) is 12.0 Å². The van der Waals surface area contributed by atoms with Crippen molar-refractivity contribution in [1.82, 2.24) is 9.55 Å². The number of hydrogen-bond acceptors (Lipinski definition) is 7. The predicted molar refractivity (Wildman–Crippen MR) is 81.4 cm³/mol. The Kier molecular flexibility index (Phi) is 4.69. The Labute approximate surface area is 129 Å². The second kappa shape index (κ2) is 6.19. The molecule has 1 aliphatic heterocycles. The summed E-state index contributed by atoms with van der Waals surface area (Å²) in [6, 6.07) is -0.448. The molecule has 2 heterocycles. The van der Waals surface area contributed by atoms with Crippen LogP contribution in [0.3, 0.4) is 0 Å². The highest BCUT2D eigenvalue weighted by atomic mass is 32.2. The number of hydrogen-bond donors (Lipinski definition) is 0. The third-order valence-electron chi connectivity index (χ3n) is 3.43. The number of rotatable bonds is 6. The Morgan fingerprint density at radius 2 is 2.27 bits per heavy atom. The quantitative estimate of drug-likeness (QED) is 0.538. The lowest BCUT2D eigenvalue weighted by atomic mass is 10.3. The van der Waals surface area contributed by atoms with Crippen LogP contribution in [0.25, 0.3) is 0 Å². The first-order valence-electron chi connectivity index (χ1n) is 6.63. The molecule has 0 aromatic carbocycles. The van der Waals surface area contributed by atoms with Gasteiger partial charge in [-0.25, -0.2) is 0 Å². The number of nitrogens with zero attached hydrogens (tertiary/aromatic N) is 3. The molecule has 9 heteroatoms. The number of anilines is 1. The molecule has 0 bridgehead atoms. The van der Waals surface area contributed by atoms with E-state index in [1.807, 2.05) is 4.90 Å². The summed E-state index contributed by atoms with van der Waals surface area (Å²) in [7, 11) is -2.06. The fourth-order valence-corrected chi connectivity index (χ4v) is 2.95. The van der Waals surface area contributed by atoms with E-state index in [2.05, 4.69) is 11.6 Å². The van der Waals surface area contributed by atoms with E-state index >= 15 is 0 Å². The monoisotopic (exact) mass is 329 g/mol. The highest BCUT2D eigenvalue weighted by molar-refractivity contribution is 7.85. The predicted octanol–water partition coefficient (Wildman–Crippen LogP) is 0.0475. The lowest BCUT2D eigenvalue weighted by molar-refractivity contribution is 0.136. The molecule has 2 rings (SSSR count). The molecular weight excluding hydrogens is 310 g/mol. The summed E-state index contributed by atoms with van der Waals surface area (Å²) in [5.41, 5.74) is 0.328. The lowest BCUT2D eigenvalue weighted by Gasteiger charge is -2.26. The van der Waals surface area contributed by atoms with E-state index in [9.17, 15) is 13.2 Å². The zero-order valence-electron chi connectivity index (χ0n) is 12.7. The molecule has 0 aliphatic carbocycles. The van der Waals surface area contributed by atoms with Gasteiger partial charge in [-0.1, -0.05) is 6.58 Å². The van der Waals surface area contributed by atoms with Gasteiger partial charge in [0.15, 0.2) is 0 Å². The molecule has 0 radical (unpaired) electrons. The van der Waals surface area contributed by atoms with Crippen molar-refractivity contribution in [3.63, 3.8) is 0 Å². The van der Waals surface area contributed by atoms with E-state index < -0.39 is 22.4 Å². The van der Waals surface area contributed by atoms with Crippen LogP contribution in [-0.2, 0) is 19.0 Å². The average molecular weight is 329 g/mol. The molecule has 0 saturated heterocycles. The maximum Gasteiger partial charge on any atom is 0.270 e. The van der Waals surface area contributed by atoms with E-state index in [0.717, 1.165) is 6.26 Å². The SMILES string of the molecule is C=CC(OC)N1C[C@@H](COS(C)(=O)=O)n2c1c(C)ncc2=O. The molecule has 0 saturated carbocycles. The number of aryl methyl sites for hydroxylation is 1. The van der Waals surface area contributed by atoms with Crippen LogP contribution in [0.5, 0.6) is 0 Å². The maximum atomic E-state index is 12.1. The first-order chi connectivity index (χ1) is 10.3. The van der Waals surface area contributed by atoms with Crippen LogP contribution in [0.15, 0.2) is 23.6 Å². The van der Waals surface area contributed by atoms with Crippen LogP contribution >= 0.6 is 0 Å². The molecular formula is C13H19N3O5S. The Balaban J connectivity index is 2.45. The van der Waals surface area contributed by atoms with Gasteiger partial charge >= 0.3 is 0 Å². The van der Waals surface area contributed by atoms with Crippen LogP contribution in [0.1, 0.15) is 11.7 Å². The minimum Gasteiger partial charge on any atom is -0.358 e. The van der Waals surface area contributed by atoms with Gasteiger partial charge < -0.3 is 9.64 Å². The Morgan fingerprint density at radius 3 is 2.82 bits per heavy atom. The van der Waals surface area contributed by atoms with Crippen molar-refractivity contribution in [3.8, 4) is 0 Å². The zero-order valence-corrected chi connectivity index (χ0v) is 13.5. The summed E-state index contributed by atoms with van der Waals surface area (Å²) in [5, 5.41) is 0. The normalized spacial score (nSPS) is 19.0. The number of ether oxygens (including phenoxy) is 1. The van der Waals surface area contributed by atoms with E-state index in [-0.39, 0.29) is 12.2 Å². The molecule has 0 amide bonds. The standard InChI is InChI=1S/C13H19N3O5S/c1-5-12(20-3)15-7-10(8-21-22(4,18)19)16-11(17)6-14-9(2)13(15)16/h5-6,10,12H,1,7-8H2,2-4H3/t10-,12?/m0/s1. The van der Waals surface area contributed by atoms with Gasteiger partial charge in [-0.05, 0) is 13.0 Å². The number of aromatic nitrogens is 2. The third-order valence-corrected chi connectivity index (χ3v) is 3.99. The molecule has 1 aliphatic rings. The van der Waals surface area contributed by atoms with Gasteiger partial charge in [-0.3, -0.25) is 18.5 Å². The van der Waals surface area contributed by atoms with Gasteiger partial charge in [-0.15, -0.1) is 0 Å². The molecule has 1 aromatic rings. The van der Waals surface area contributed by atoms with Gasteiger partial charge in [-0.2, -0.15) is 8.42 Å². The molecule has 8 nitrogen and oxygen atoms in total. The molecule has 1 aromatic heterocycles. The van der Waals surface area contributed by atoms with Crippen molar-refractivity contribution in [2.75, 3.05) is 31.4 Å². The highest BCUT2D eigenvalue weighted by Gasteiger charge is 2.35. The fraction of sp³-hybridized carbons (Fsp3) is 0.538. The lowest BCUT2D eigenvalue weighted by Crippen LogP contribution is -2.35. The molecule has 122 valence electrons. The minimum absolute atomic E-state index is 0.126. The van der Waals surface area contributed by atoms with Crippen LogP contribution in [-0.4, -0.2) is 50.7 Å². The zero-order chi connectivity index (χ0) is 16.5. The van der Waals surface area contributed by atoms with E-state index in [4.69, 9.17) is 8.92 Å². The third kappa shape index (κ3) is 3.21. The largest absolute Gasteiger partial charge is 0.358 e. The topological polar surface area (TPSA) is 90.7 Å². The van der Waals surface area contributed by atoms with Crippen molar-refractivity contribution >= 4 is 15.9 Å². The summed E-state index contributed by atoms with van der Waals surface area (Å²) in [6.07, 6.45) is 3.34. The highest BCUT2D eigenvalue weighted by Crippen LogP contribution is 2.31. The molecule has 0 spiro atoms. The van der Waals surface area contributed by atoms with Crippen molar-refractivity contribution in [2.24, 2.45) is 0 Å². The van der Waals surface area contributed by atoms with Crippen molar-refractivity contribution in [2.45, 2.75) is 19.2 Å². The van der Waals surface area contributed by atoms with Crippen molar-refractivity contribution in [3.05, 3.63) is 34.9 Å². The van der Waals surface area contributed by atoms with Crippen molar-refractivity contribution < 1.29 is 17.3 Å². The van der Waals surface area contributed by atoms with Crippen LogP contribution < -0.4 is 10.5 Å². The summed E-state index contributed by atoms with van der Waals surface area (Å²) in [4.78, 5) is 18.0. The van der Waals surface area contributed by atoms with E-state index in [0.29, 0.717) is 18.1 Å². The van der Waals surface area contributed by atoms with Gasteiger partial charge in [0.2, 0.25) is 0 Å². The Morgan fingerprint density at radius 1 is 1.59 bits per heavy atom. The Bertz CT molecular complexity index is 728. The molecule has 1 unspecified atom stereocenters. The summed E-state index contributed by atoms with van der Waals surface area (Å²) >= 11 is 0. The molecule has 22 heavy (non-hydrogen) atoms. The fourth-order valence-electron chi connectivity index (χ4n) is 2.55. The maximum absolute atomic E-state index is 12.1. The molecule has 0 fully saturated rings. The van der Waals surface area contributed by atoms with Gasteiger partial charge in [0.25, 0.3) is 15.7 Å². The first-order valence-corrected chi connectivity index (χ1v) is 8.44. The Hall–Kier alpha value is -1.71. The van der Waals surface area contributed by atoms with Gasteiger partial charge in [0.05, 0.1) is 30.8 Å². The van der Waals surface area contributed by atoms with Crippen LogP contribution in [0, 0.1) is 6.92 Å². The van der Waals surface area contributed by atoms with Crippen molar-refractivity contribution in [1.29, 1.82) is 0 Å². The molecule has 2 atom stereocenters. The number of fused-ring (bicyclic) bond motifs is 1. The summed E-state index contributed by atoms with van der Waals surface area (Å²) in [5.74, 6) is 0.585. The van der Waals surface area contributed by atoms with Gasteiger partial charge in [0, 0.05) is 13.7 Å². The smallest absolute Gasteiger partial charge is 0.270 e. The minimum atomic E-state index is -3.59. The summed E-state index contributed by atoms with van der Waals surface area (Å²) < 4.78 is 34.1. The number of methoxy groups -OCH3 is 1. The second-order valence-electron chi connectivity index (χ2n) is 5.03. The molecule has 0 N–H and O–H groups in total. The van der Waals surface area contributed by atoms with Crippen LogP contribution in [0.4, 0.5) is 5.82 Å². The van der Waals surface area contributed by atoms with E-state index in [1.165, 1.54) is 17.9 Å². The average Bonchev–Trinajstić information content (AvgIpc) is 2.82. The van der Waals surface area contributed by atoms with E-state index in [1.54, 1.807) is 13.0 Å². The van der Waals surface area contributed by atoms with Crippen LogP contribution in [0.2, 0.25) is 0 Å². The first kappa shape index (κ1) is 16.7. The summed E-state index contributed by atoms with van der Waals surface area (Å²) in [6.45, 7) is 5.72.